The Kier molecular flexibility index (Phi) is 4.98. The minimum absolute atomic E-state index is 0.495. The Bertz CT molecular complexity index is 1160. The van der Waals surface area contributed by atoms with Gasteiger partial charge in [0.15, 0.2) is 17.1 Å². The molecular formula is C23H26N4O2S. The van der Waals surface area contributed by atoms with E-state index in [9.17, 15) is 0 Å². The van der Waals surface area contributed by atoms with E-state index in [2.05, 4.69) is 23.3 Å². The van der Waals surface area contributed by atoms with Crippen LogP contribution in [0, 0.1) is 5.92 Å². The zero-order valence-electron chi connectivity index (χ0n) is 17.5. The number of nitrogens with zero attached hydrogens (tertiary/aromatic N) is 3. The molecule has 0 amide bonds. The monoisotopic (exact) mass is 422 g/mol. The Morgan fingerprint density at radius 3 is 2.73 bits per heavy atom. The highest BCUT2D eigenvalue weighted by Crippen LogP contribution is 2.39. The number of anilines is 1. The molecule has 1 fully saturated rings. The van der Waals surface area contributed by atoms with Gasteiger partial charge in [-0.2, -0.15) is 0 Å². The lowest BCUT2D eigenvalue weighted by molar-refractivity contribution is 0.356. The molecule has 2 atom stereocenters. The molecule has 7 heteroatoms. The van der Waals surface area contributed by atoms with Crippen LogP contribution in [0.15, 0.2) is 36.5 Å². The summed E-state index contributed by atoms with van der Waals surface area (Å²) in [6.45, 7) is 2.34. The van der Waals surface area contributed by atoms with Gasteiger partial charge in [0, 0.05) is 16.8 Å². The summed E-state index contributed by atoms with van der Waals surface area (Å²) in [5, 5.41) is 9.63. The minimum Gasteiger partial charge on any atom is -0.493 e. The van der Waals surface area contributed by atoms with E-state index in [4.69, 9.17) is 14.6 Å². The first-order chi connectivity index (χ1) is 14.6. The van der Waals surface area contributed by atoms with Crippen molar-refractivity contribution in [1.29, 1.82) is 0 Å². The van der Waals surface area contributed by atoms with Crippen molar-refractivity contribution in [2.75, 3.05) is 19.5 Å². The van der Waals surface area contributed by atoms with E-state index in [0.717, 1.165) is 49.5 Å². The molecule has 156 valence electrons. The molecule has 3 heterocycles. The van der Waals surface area contributed by atoms with Crippen LogP contribution in [-0.4, -0.2) is 34.9 Å². The second-order valence-electron chi connectivity index (χ2n) is 8.10. The number of thiophene rings is 1. The fourth-order valence-electron chi connectivity index (χ4n) is 4.39. The van der Waals surface area contributed by atoms with E-state index in [0.29, 0.717) is 6.04 Å². The molecule has 1 aliphatic carbocycles. The first-order valence-electron chi connectivity index (χ1n) is 10.4. The lowest BCUT2D eigenvalue weighted by Crippen LogP contribution is -2.26. The van der Waals surface area contributed by atoms with Crippen LogP contribution in [-0.2, 0) is 0 Å². The van der Waals surface area contributed by atoms with Crippen LogP contribution < -0.4 is 14.8 Å². The molecule has 30 heavy (non-hydrogen) atoms. The molecule has 1 aliphatic rings. The molecule has 0 saturated heterocycles. The first kappa shape index (κ1) is 19.2. The van der Waals surface area contributed by atoms with Crippen LogP contribution in [0.2, 0.25) is 0 Å². The highest BCUT2D eigenvalue weighted by Gasteiger charge is 2.20. The summed E-state index contributed by atoms with van der Waals surface area (Å²) in [5.41, 5.74) is 1.84. The second kappa shape index (κ2) is 7.80. The van der Waals surface area contributed by atoms with Gasteiger partial charge in [-0.3, -0.25) is 0 Å². The van der Waals surface area contributed by atoms with Gasteiger partial charge in [0.2, 0.25) is 0 Å². The predicted octanol–water partition coefficient (Wildman–Crippen LogP) is 5.62. The molecule has 6 nitrogen and oxygen atoms in total. The van der Waals surface area contributed by atoms with Crippen LogP contribution in [0.3, 0.4) is 0 Å². The number of methoxy groups -OCH3 is 2. The maximum absolute atomic E-state index is 5.45. The molecular weight excluding hydrogens is 396 g/mol. The van der Waals surface area contributed by atoms with E-state index in [1.807, 2.05) is 35.0 Å². The van der Waals surface area contributed by atoms with Gasteiger partial charge in [0.05, 0.1) is 25.3 Å². The van der Waals surface area contributed by atoms with Gasteiger partial charge in [0.1, 0.15) is 11.5 Å². The molecule has 2 unspecified atom stereocenters. The Morgan fingerprint density at radius 1 is 1.10 bits per heavy atom. The van der Waals surface area contributed by atoms with Crippen LogP contribution in [0.1, 0.15) is 32.6 Å². The van der Waals surface area contributed by atoms with E-state index in [1.165, 1.54) is 25.7 Å². The van der Waals surface area contributed by atoms with Crippen LogP contribution in [0.25, 0.3) is 26.3 Å². The number of nitrogens with one attached hydrogen (secondary N) is 1. The third-order valence-corrected chi connectivity index (χ3v) is 7.05. The molecule has 0 bridgehead atoms. The standard InChI is InChI=1S/C23H26N4O2S/c1-14-5-4-6-16(9-14)25-22-7-8-23-24-13-17(27(23)26-22)21-11-15-10-18(28-2)19(29-3)12-20(15)30-21/h7-8,10-14,16H,4-6,9H2,1-3H3,(H,25,26). The van der Waals surface area contributed by atoms with Gasteiger partial charge in [-0.15, -0.1) is 16.4 Å². The van der Waals surface area contributed by atoms with Crippen molar-refractivity contribution in [2.24, 2.45) is 5.92 Å². The summed E-state index contributed by atoms with van der Waals surface area (Å²) in [5.74, 6) is 3.16. The summed E-state index contributed by atoms with van der Waals surface area (Å²) >= 11 is 1.70. The number of imidazole rings is 1. The molecule has 3 aromatic heterocycles. The SMILES string of the molecule is COc1cc2cc(-c3cnc4ccc(NC5CCCC(C)C5)nn34)sc2cc1OC. The summed E-state index contributed by atoms with van der Waals surface area (Å²) in [6.07, 6.45) is 6.93. The number of aromatic nitrogens is 3. The average Bonchev–Trinajstić information content (AvgIpc) is 3.35. The van der Waals surface area contributed by atoms with Gasteiger partial charge >= 0.3 is 0 Å². The molecule has 4 aromatic rings. The fourth-order valence-corrected chi connectivity index (χ4v) is 5.45. The zero-order valence-corrected chi connectivity index (χ0v) is 18.3. The van der Waals surface area contributed by atoms with Crippen molar-refractivity contribution >= 4 is 32.9 Å². The molecule has 0 aliphatic heterocycles. The smallest absolute Gasteiger partial charge is 0.162 e. The van der Waals surface area contributed by atoms with Crippen molar-refractivity contribution in [1.82, 2.24) is 14.6 Å². The maximum Gasteiger partial charge on any atom is 0.162 e. The molecule has 1 saturated carbocycles. The summed E-state index contributed by atoms with van der Waals surface area (Å²) in [4.78, 5) is 5.68. The van der Waals surface area contributed by atoms with Gasteiger partial charge in [-0.1, -0.05) is 19.8 Å². The predicted molar refractivity (Wildman–Crippen MR) is 122 cm³/mol. The van der Waals surface area contributed by atoms with E-state index >= 15 is 0 Å². The van der Waals surface area contributed by atoms with E-state index in [1.54, 1.807) is 25.6 Å². The van der Waals surface area contributed by atoms with E-state index < -0.39 is 0 Å². The third-order valence-electron chi connectivity index (χ3n) is 5.93. The molecule has 0 spiro atoms. The molecule has 5 rings (SSSR count). The Balaban J connectivity index is 1.51. The number of benzene rings is 1. The third kappa shape index (κ3) is 3.47. The molecule has 0 radical (unpaired) electrons. The highest BCUT2D eigenvalue weighted by atomic mass is 32.1. The van der Waals surface area contributed by atoms with Gasteiger partial charge in [-0.05, 0) is 48.4 Å². The minimum atomic E-state index is 0.495. The van der Waals surface area contributed by atoms with Crippen LogP contribution in [0.4, 0.5) is 5.82 Å². The number of rotatable bonds is 5. The van der Waals surface area contributed by atoms with Crippen molar-refractivity contribution < 1.29 is 9.47 Å². The number of hydrogen-bond donors (Lipinski definition) is 1. The Hall–Kier alpha value is -2.80. The highest BCUT2D eigenvalue weighted by molar-refractivity contribution is 7.22. The summed E-state index contributed by atoms with van der Waals surface area (Å²) in [6, 6.07) is 10.8. The number of ether oxygens (including phenoxy) is 2. The topological polar surface area (TPSA) is 60.7 Å². The number of hydrogen-bond acceptors (Lipinski definition) is 6. The van der Waals surface area contributed by atoms with E-state index in [-0.39, 0.29) is 0 Å². The largest absolute Gasteiger partial charge is 0.493 e. The van der Waals surface area contributed by atoms with Crippen molar-refractivity contribution in [3.63, 3.8) is 0 Å². The normalized spacial score (nSPS) is 19.3. The van der Waals surface area contributed by atoms with Gasteiger partial charge in [0.25, 0.3) is 0 Å². The van der Waals surface area contributed by atoms with Crippen molar-refractivity contribution in [2.45, 2.75) is 38.6 Å². The molecule has 1 N–H and O–H groups in total. The summed E-state index contributed by atoms with van der Waals surface area (Å²) in [7, 11) is 3.32. The Morgan fingerprint density at radius 2 is 1.93 bits per heavy atom. The lowest BCUT2D eigenvalue weighted by atomic mass is 9.87. The number of fused-ring (bicyclic) bond motifs is 2. The zero-order chi connectivity index (χ0) is 20.7. The van der Waals surface area contributed by atoms with Gasteiger partial charge in [-0.25, -0.2) is 9.50 Å². The molecule has 1 aromatic carbocycles. The average molecular weight is 423 g/mol. The van der Waals surface area contributed by atoms with Crippen LogP contribution >= 0.6 is 11.3 Å². The fraction of sp³-hybridized carbons (Fsp3) is 0.391. The van der Waals surface area contributed by atoms with Crippen molar-refractivity contribution in [3.05, 3.63) is 36.5 Å². The van der Waals surface area contributed by atoms with Crippen LogP contribution in [0.5, 0.6) is 11.5 Å². The first-order valence-corrected chi connectivity index (χ1v) is 11.2. The summed E-state index contributed by atoms with van der Waals surface area (Å²) < 4.78 is 14.0. The maximum atomic E-state index is 5.45. The van der Waals surface area contributed by atoms with Gasteiger partial charge < -0.3 is 14.8 Å². The quantitative estimate of drug-likeness (QED) is 0.452. The van der Waals surface area contributed by atoms with Crippen molar-refractivity contribution in [3.8, 4) is 22.1 Å². The Labute approximate surface area is 179 Å². The lowest BCUT2D eigenvalue weighted by Gasteiger charge is -2.27. The second-order valence-corrected chi connectivity index (χ2v) is 9.18.